The van der Waals surface area contributed by atoms with E-state index in [9.17, 15) is 4.79 Å². The summed E-state index contributed by atoms with van der Waals surface area (Å²) in [4.78, 5) is 23.3. The van der Waals surface area contributed by atoms with Crippen LogP contribution in [0.1, 0.15) is 48.9 Å². The van der Waals surface area contributed by atoms with Crippen molar-refractivity contribution in [3.8, 4) is 5.82 Å². The molecule has 1 saturated heterocycles. The number of pyridine rings is 1. The van der Waals surface area contributed by atoms with E-state index in [1.807, 2.05) is 0 Å². The molecule has 120 valence electrons. The van der Waals surface area contributed by atoms with Gasteiger partial charge in [-0.2, -0.15) is 5.10 Å². The Bertz CT molecular complexity index is 678. The first kappa shape index (κ1) is 14.4. The summed E-state index contributed by atoms with van der Waals surface area (Å²) in [6.07, 6.45) is 12.2. The first-order valence-corrected chi connectivity index (χ1v) is 8.45. The third-order valence-corrected chi connectivity index (χ3v) is 5.15. The molecule has 3 heterocycles. The van der Waals surface area contributed by atoms with Crippen LogP contribution in [0.5, 0.6) is 0 Å². The van der Waals surface area contributed by atoms with Crippen LogP contribution in [0.3, 0.4) is 0 Å². The average Bonchev–Trinajstić information content (AvgIpc) is 3.35. The standard InChI is InChI=1S/C17H21N5O/c23-17(21-9-3-6-15(21)13-4-1-2-5-13)14-7-8-19-16(10-14)22-12-18-11-20-22/h7-8,10-13,15H,1-6,9H2/t15-/m1/s1. The SMILES string of the molecule is O=C(c1ccnc(-n2cncn2)c1)N1CCC[C@@H]1C1CCCC1. The molecule has 6 heteroatoms. The number of carbonyl (C=O) groups excluding carboxylic acids is 1. The molecule has 1 amide bonds. The highest BCUT2D eigenvalue weighted by molar-refractivity contribution is 5.95. The molecule has 6 nitrogen and oxygen atoms in total. The zero-order valence-corrected chi connectivity index (χ0v) is 13.1. The van der Waals surface area contributed by atoms with Gasteiger partial charge in [-0.1, -0.05) is 12.8 Å². The summed E-state index contributed by atoms with van der Waals surface area (Å²) < 4.78 is 1.58. The van der Waals surface area contributed by atoms with E-state index >= 15 is 0 Å². The number of amides is 1. The van der Waals surface area contributed by atoms with Crippen LogP contribution in [0.15, 0.2) is 31.0 Å². The molecule has 0 unspecified atom stereocenters. The van der Waals surface area contributed by atoms with E-state index < -0.39 is 0 Å². The summed E-state index contributed by atoms with van der Waals surface area (Å²) in [5.41, 5.74) is 0.690. The summed E-state index contributed by atoms with van der Waals surface area (Å²) in [6, 6.07) is 4.03. The number of carbonyl (C=O) groups is 1. The average molecular weight is 311 g/mol. The molecule has 0 aromatic carbocycles. The second-order valence-electron chi connectivity index (χ2n) is 6.50. The number of hydrogen-bond donors (Lipinski definition) is 0. The monoisotopic (exact) mass is 311 g/mol. The second kappa shape index (κ2) is 6.10. The van der Waals surface area contributed by atoms with Crippen LogP contribution >= 0.6 is 0 Å². The third kappa shape index (κ3) is 2.73. The second-order valence-corrected chi connectivity index (χ2v) is 6.50. The molecular formula is C17H21N5O. The smallest absolute Gasteiger partial charge is 0.254 e. The van der Waals surface area contributed by atoms with E-state index in [1.54, 1.807) is 29.3 Å². The van der Waals surface area contributed by atoms with Gasteiger partial charge < -0.3 is 4.90 Å². The van der Waals surface area contributed by atoms with Gasteiger partial charge in [0.1, 0.15) is 12.7 Å². The Hall–Kier alpha value is -2.24. The van der Waals surface area contributed by atoms with Crippen molar-refractivity contribution in [1.82, 2.24) is 24.6 Å². The summed E-state index contributed by atoms with van der Waals surface area (Å²) in [6.45, 7) is 0.876. The molecule has 0 spiro atoms. The van der Waals surface area contributed by atoms with E-state index in [4.69, 9.17) is 0 Å². The Morgan fingerprint density at radius 1 is 1.17 bits per heavy atom. The van der Waals surface area contributed by atoms with Crippen molar-refractivity contribution in [1.29, 1.82) is 0 Å². The van der Waals surface area contributed by atoms with Gasteiger partial charge in [-0.3, -0.25) is 4.79 Å². The van der Waals surface area contributed by atoms with Crippen molar-refractivity contribution in [2.75, 3.05) is 6.54 Å². The molecule has 2 aliphatic rings. The van der Waals surface area contributed by atoms with Crippen molar-refractivity contribution in [2.24, 2.45) is 5.92 Å². The molecule has 0 N–H and O–H groups in total. The van der Waals surface area contributed by atoms with E-state index in [-0.39, 0.29) is 5.91 Å². The Balaban J connectivity index is 1.57. The highest BCUT2D eigenvalue weighted by Gasteiger charge is 2.36. The van der Waals surface area contributed by atoms with Crippen LogP contribution in [0.25, 0.3) is 5.82 Å². The van der Waals surface area contributed by atoms with Crippen molar-refractivity contribution in [2.45, 2.75) is 44.6 Å². The van der Waals surface area contributed by atoms with Gasteiger partial charge in [0.15, 0.2) is 5.82 Å². The quantitative estimate of drug-likeness (QED) is 0.873. The molecule has 1 aliphatic heterocycles. The predicted molar refractivity (Wildman–Crippen MR) is 85.2 cm³/mol. The van der Waals surface area contributed by atoms with Crippen LogP contribution in [0.4, 0.5) is 0 Å². The fourth-order valence-electron chi connectivity index (χ4n) is 4.05. The minimum absolute atomic E-state index is 0.128. The summed E-state index contributed by atoms with van der Waals surface area (Å²) in [7, 11) is 0. The van der Waals surface area contributed by atoms with Gasteiger partial charge in [-0.15, -0.1) is 0 Å². The highest BCUT2D eigenvalue weighted by atomic mass is 16.2. The molecule has 1 aliphatic carbocycles. The maximum atomic E-state index is 13.0. The lowest BCUT2D eigenvalue weighted by molar-refractivity contribution is 0.0689. The Labute approximate surface area is 135 Å². The summed E-state index contributed by atoms with van der Waals surface area (Å²) in [5.74, 6) is 1.45. The number of likely N-dealkylation sites (tertiary alicyclic amines) is 1. The van der Waals surface area contributed by atoms with E-state index in [0.29, 0.717) is 23.3 Å². The number of aromatic nitrogens is 4. The summed E-state index contributed by atoms with van der Waals surface area (Å²) in [5, 5.41) is 4.08. The lowest BCUT2D eigenvalue weighted by atomic mass is 9.95. The molecule has 1 atom stereocenters. The number of nitrogens with zero attached hydrogens (tertiary/aromatic N) is 5. The molecule has 2 aromatic heterocycles. The van der Waals surface area contributed by atoms with Crippen LogP contribution in [-0.4, -0.2) is 43.1 Å². The molecule has 0 radical (unpaired) electrons. The number of rotatable bonds is 3. The molecule has 0 bridgehead atoms. The third-order valence-electron chi connectivity index (χ3n) is 5.15. The maximum Gasteiger partial charge on any atom is 0.254 e. The predicted octanol–water partition coefficient (Wildman–Crippen LogP) is 2.46. The van der Waals surface area contributed by atoms with Crippen molar-refractivity contribution >= 4 is 5.91 Å². The first-order valence-electron chi connectivity index (χ1n) is 8.45. The first-order chi connectivity index (χ1) is 11.3. The number of hydrogen-bond acceptors (Lipinski definition) is 4. The lowest BCUT2D eigenvalue weighted by Crippen LogP contribution is -2.39. The van der Waals surface area contributed by atoms with Gasteiger partial charge in [-0.25, -0.2) is 14.6 Å². The van der Waals surface area contributed by atoms with Crippen LogP contribution in [-0.2, 0) is 0 Å². The zero-order valence-electron chi connectivity index (χ0n) is 13.1. The van der Waals surface area contributed by atoms with Crippen LogP contribution in [0.2, 0.25) is 0 Å². The van der Waals surface area contributed by atoms with E-state index in [1.165, 1.54) is 32.0 Å². The molecule has 2 fully saturated rings. The minimum Gasteiger partial charge on any atom is -0.335 e. The van der Waals surface area contributed by atoms with Gasteiger partial charge >= 0.3 is 0 Å². The Kier molecular flexibility index (Phi) is 3.81. The summed E-state index contributed by atoms with van der Waals surface area (Å²) >= 11 is 0. The van der Waals surface area contributed by atoms with Crippen LogP contribution < -0.4 is 0 Å². The van der Waals surface area contributed by atoms with Gasteiger partial charge in [0, 0.05) is 24.3 Å². The topological polar surface area (TPSA) is 63.9 Å². The minimum atomic E-state index is 0.128. The lowest BCUT2D eigenvalue weighted by Gasteiger charge is -2.29. The van der Waals surface area contributed by atoms with Gasteiger partial charge in [-0.05, 0) is 43.7 Å². The van der Waals surface area contributed by atoms with Crippen molar-refractivity contribution < 1.29 is 4.79 Å². The molecule has 2 aromatic rings. The van der Waals surface area contributed by atoms with Crippen molar-refractivity contribution in [3.63, 3.8) is 0 Å². The Morgan fingerprint density at radius 2 is 2.04 bits per heavy atom. The largest absolute Gasteiger partial charge is 0.335 e. The maximum absolute atomic E-state index is 13.0. The van der Waals surface area contributed by atoms with Crippen LogP contribution in [0, 0.1) is 5.92 Å². The van der Waals surface area contributed by atoms with Gasteiger partial charge in [0.25, 0.3) is 5.91 Å². The molecule has 4 rings (SSSR count). The fraction of sp³-hybridized carbons (Fsp3) is 0.529. The van der Waals surface area contributed by atoms with E-state index in [2.05, 4.69) is 20.0 Å². The molecule has 23 heavy (non-hydrogen) atoms. The van der Waals surface area contributed by atoms with Gasteiger partial charge in [0.05, 0.1) is 0 Å². The Morgan fingerprint density at radius 3 is 2.83 bits per heavy atom. The molecular weight excluding hydrogens is 290 g/mol. The normalized spacial score (nSPS) is 21.9. The highest BCUT2D eigenvalue weighted by Crippen LogP contribution is 2.36. The van der Waals surface area contributed by atoms with Crippen molar-refractivity contribution in [3.05, 3.63) is 36.5 Å². The molecule has 1 saturated carbocycles. The van der Waals surface area contributed by atoms with E-state index in [0.717, 1.165) is 19.4 Å². The zero-order chi connectivity index (χ0) is 15.6. The van der Waals surface area contributed by atoms with Gasteiger partial charge in [0.2, 0.25) is 0 Å². The fourth-order valence-corrected chi connectivity index (χ4v) is 4.05.